The van der Waals surface area contributed by atoms with E-state index in [4.69, 9.17) is 8.83 Å². The molecule has 0 N–H and O–H groups in total. The van der Waals surface area contributed by atoms with Gasteiger partial charge in [-0.2, -0.15) is 0 Å². The lowest BCUT2D eigenvalue weighted by Gasteiger charge is -2.05. The number of benzene rings is 1. The summed E-state index contributed by atoms with van der Waals surface area (Å²) in [6.07, 6.45) is 0. The monoisotopic (exact) mass is 320 g/mol. The van der Waals surface area contributed by atoms with Crippen LogP contribution in [0.15, 0.2) is 25.8 Å². The highest BCUT2D eigenvalue weighted by molar-refractivity contribution is 9.08. The largest absolute Gasteiger partial charge is 0.461 e. The van der Waals surface area contributed by atoms with Gasteiger partial charge in [0.15, 0.2) is 0 Å². The van der Waals surface area contributed by atoms with E-state index in [-0.39, 0.29) is 5.63 Å². The average molecular weight is 321 g/mol. The first-order valence-electron chi connectivity index (χ1n) is 6.05. The zero-order valence-electron chi connectivity index (χ0n) is 11.0. The first-order valence-corrected chi connectivity index (χ1v) is 7.17. The van der Waals surface area contributed by atoms with Gasteiger partial charge in [0.25, 0.3) is 0 Å². The van der Waals surface area contributed by atoms with E-state index < -0.39 is 0 Å². The van der Waals surface area contributed by atoms with Crippen LogP contribution in [0.4, 0.5) is 0 Å². The van der Waals surface area contributed by atoms with Crippen molar-refractivity contribution < 1.29 is 8.83 Å². The Labute approximate surface area is 118 Å². The third-order valence-electron chi connectivity index (χ3n) is 3.61. The second-order valence-electron chi connectivity index (χ2n) is 4.77. The number of alkyl halides is 1. The second kappa shape index (κ2) is 4.23. The van der Waals surface area contributed by atoms with Crippen molar-refractivity contribution in [2.24, 2.45) is 0 Å². The SMILES string of the molecule is Cc1oc2c(CBr)c3oc(=O)cc(C)c3cc2c1C. The van der Waals surface area contributed by atoms with Crippen LogP contribution in [0.2, 0.25) is 0 Å². The second-order valence-corrected chi connectivity index (χ2v) is 5.33. The van der Waals surface area contributed by atoms with E-state index in [0.29, 0.717) is 10.9 Å². The summed E-state index contributed by atoms with van der Waals surface area (Å²) in [7, 11) is 0. The van der Waals surface area contributed by atoms with Crippen LogP contribution in [-0.4, -0.2) is 0 Å². The maximum absolute atomic E-state index is 11.6. The molecule has 0 radical (unpaired) electrons. The lowest BCUT2D eigenvalue weighted by atomic mass is 10.0. The highest BCUT2D eigenvalue weighted by Gasteiger charge is 2.17. The maximum atomic E-state index is 11.6. The molecular formula is C15H13BrO3. The summed E-state index contributed by atoms with van der Waals surface area (Å²) in [5.41, 5.74) is 4.03. The highest BCUT2D eigenvalue weighted by atomic mass is 79.9. The fourth-order valence-electron chi connectivity index (χ4n) is 2.43. The molecule has 0 unspecified atom stereocenters. The van der Waals surface area contributed by atoms with Crippen molar-refractivity contribution in [3.05, 3.63) is 45.0 Å². The van der Waals surface area contributed by atoms with Gasteiger partial charge in [-0.15, -0.1) is 0 Å². The van der Waals surface area contributed by atoms with Crippen LogP contribution >= 0.6 is 15.9 Å². The molecule has 0 aliphatic heterocycles. The third-order valence-corrected chi connectivity index (χ3v) is 4.17. The number of hydrogen-bond donors (Lipinski definition) is 0. The molecule has 2 aromatic heterocycles. The Bertz CT molecular complexity index is 855. The predicted molar refractivity (Wildman–Crippen MR) is 79.1 cm³/mol. The van der Waals surface area contributed by atoms with Gasteiger partial charge in [0.2, 0.25) is 0 Å². The molecule has 0 bridgehead atoms. The summed E-state index contributed by atoms with van der Waals surface area (Å²) < 4.78 is 11.2. The number of halogens is 1. The fourth-order valence-corrected chi connectivity index (χ4v) is 2.94. The van der Waals surface area contributed by atoms with Crippen LogP contribution < -0.4 is 5.63 Å². The van der Waals surface area contributed by atoms with E-state index in [1.54, 1.807) is 0 Å². The summed E-state index contributed by atoms with van der Waals surface area (Å²) in [6, 6.07) is 3.56. The van der Waals surface area contributed by atoms with Crippen molar-refractivity contribution >= 4 is 37.9 Å². The Morgan fingerprint density at radius 3 is 2.42 bits per heavy atom. The third kappa shape index (κ3) is 1.74. The molecule has 3 aromatic rings. The van der Waals surface area contributed by atoms with Crippen molar-refractivity contribution in [3.8, 4) is 0 Å². The Balaban J connectivity index is 2.64. The van der Waals surface area contributed by atoms with Gasteiger partial charge >= 0.3 is 5.63 Å². The highest BCUT2D eigenvalue weighted by Crippen LogP contribution is 2.35. The molecule has 0 saturated carbocycles. The van der Waals surface area contributed by atoms with Gasteiger partial charge in [-0.1, -0.05) is 15.9 Å². The predicted octanol–water partition coefficient (Wildman–Crippen LogP) is 4.36. The summed E-state index contributed by atoms with van der Waals surface area (Å²) >= 11 is 3.46. The van der Waals surface area contributed by atoms with Crippen molar-refractivity contribution in [2.75, 3.05) is 0 Å². The van der Waals surface area contributed by atoms with Crippen LogP contribution in [0.3, 0.4) is 0 Å². The van der Waals surface area contributed by atoms with E-state index in [9.17, 15) is 4.79 Å². The molecule has 0 aliphatic carbocycles. The van der Waals surface area contributed by atoms with E-state index in [1.165, 1.54) is 6.07 Å². The van der Waals surface area contributed by atoms with E-state index in [2.05, 4.69) is 15.9 Å². The normalized spacial score (nSPS) is 11.6. The van der Waals surface area contributed by atoms with Crippen molar-refractivity contribution in [3.63, 3.8) is 0 Å². The molecule has 3 nitrogen and oxygen atoms in total. The molecule has 0 atom stereocenters. The standard InChI is InChI=1S/C15H13BrO3/c1-7-4-13(17)19-14-10(7)5-11-8(2)9(3)18-15(11)12(14)6-16/h4-5H,6H2,1-3H3. The van der Waals surface area contributed by atoms with Crippen molar-refractivity contribution in [1.82, 2.24) is 0 Å². The van der Waals surface area contributed by atoms with Crippen LogP contribution in [0.25, 0.3) is 21.9 Å². The molecule has 3 rings (SSSR count). The quantitative estimate of drug-likeness (QED) is 0.494. The van der Waals surface area contributed by atoms with Crippen molar-refractivity contribution in [1.29, 1.82) is 0 Å². The zero-order chi connectivity index (χ0) is 13.7. The molecule has 2 heterocycles. The summed E-state index contributed by atoms with van der Waals surface area (Å²) in [5, 5.41) is 2.63. The van der Waals surface area contributed by atoms with Crippen LogP contribution in [0.1, 0.15) is 22.5 Å². The number of rotatable bonds is 1. The molecular weight excluding hydrogens is 308 g/mol. The molecule has 0 fully saturated rings. The Morgan fingerprint density at radius 1 is 1.05 bits per heavy atom. The van der Waals surface area contributed by atoms with Crippen LogP contribution in [-0.2, 0) is 5.33 Å². The van der Waals surface area contributed by atoms with E-state index in [1.807, 2.05) is 26.8 Å². The molecule has 19 heavy (non-hydrogen) atoms. The first-order chi connectivity index (χ1) is 9.02. The minimum absolute atomic E-state index is 0.327. The van der Waals surface area contributed by atoms with Gasteiger partial charge in [-0.05, 0) is 38.0 Å². The minimum atomic E-state index is -0.327. The zero-order valence-corrected chi connectivity index (χ0v) is 12.6. The Morgan fingerprint density at radius 2 is 1.74 bits per heavy atom. The Kier molecular flexibility index (Phi) is 2.78. The molecule has 98 valence electrons. The van der Waals surface area contributed by atoms with Gasteiger partial charge in [-0.25, -0.2) is 4.79 Å². The molecule has 0 spiro atoms. The molecule has 0 amide bonds. The molecule has 1 aromatic carbocycles. The van der Waals surface area contributed by atoms with Gasteiger partial charge in [-0.3, -0.25) is 0 Å². The number of fused-ring (bicyclic) bond motifs is 2. The molecule has 4 heteroatoms. The van der Waals surface area contributed by atoms with E-state index in [0.717, 1.165) is 38.8 Å². The summed E-state index contributed by atoms with van der Waals surface area (Å²) in [6.45, 7) is 5.91. The number of aryl methyl sites for hydroxylation is 3. The van der Waals surface area contributed by atoms with E-state index >= 15 is 0 Å². The average Bonchev–Trinajstić information content (AvgIpc) is 2.63. The lowest BCUT2D eigenvalue weighted by molar-refractivity contribution is 0.550. The van der Waals surface area contributed by atoms with Crippen LogP contribution in [0.5, 0.6) is 0 Å². The maximum Gasteiger partial charge on any atom is 0.336 e. The van der Waals surface area contributed by atoms with Gasteiger partial charge < -0.3 is 8.83 Å². The fraction of sp³-hybridized carbons (Fsp3) is 0.267. The van der Waals surface area contributed by atoms with Crippen LogP contribution in [0, 0.1) is 20.8 Å². The Hall–Kier alpha value is -1.55. The summed E-state index contributed by atoms with van der Waals surface area (Å²) in [4.78, 5) is 11.6. The topological polar surface area (TPSA) is 43.4 Å². The lowest BCUT2D eigenvalue weighted by Crippen LogP contribution is -1.99. The summed E-state index contributed by atoms with van der Waals surface area (Å²) in [5.74, 6) is 0.896. The number of hydrogen-bond acceptors (Lipinski definition) is 3. The van der Waals surface area contributed by atoms with Gasteiger partial charge in [0, 0.05) is 27.7 Å². The first kappa shape index (κ1) is 12.5. The smallest absolute Gasteiger partial charge is 0.336 e. The minimum Gasteiger partial charge on any atom is -0.461 e. The number of furan rings is 1. The van der Waals surface area contributed by atoms with Gasteiger partial charge in [0.05, 0.1) is 0 Å². The van der Waals surface area contributed by atoms with Gasteiger partial charge in [0.1, 0.15) is 16.9 Å². The molecule has 0 aliphatic rings. The molecule has 0 saturated heterocycles. The van der Waals surface area contributed by atoms with Crippen molar-refractivity contribution in [2.45, 2.75) is 26.1 Å².